The number of aromatic nitrogens is 1. The normalized spacial score (nSPS) is 23.2. The Labute approximate surface area is 111 Å². The average molecular weight is 259 g/mol. The number of likely N-dealkylation sites (tertiary alicyclic amines) is 1. The number of benzene rings is 1. The van der Waals surface area contributed by atoms with Gasteiger partial charge in [0.2, 0.25) is 0 Å². The summed E-state index contributed by atoms with van der Waals surface area (Å²) in [5, 5.41) is 0. The van der Waals surface area contributed by atoms with Gasteiger partial charge in [-0.2, -0.15) is 0 Å². The molecule has 1 unspecified atom stereocenters. The molecule has 1 aromatic heterocycles. The van der Waals surface area contributed by atoms with Crippen molar-refractivity contribution in [2.75, 3.05) is 13.1 Å². The molecule has 1 atom stereocenters. The maximum absolute atomic E-state index is 12.6. The predicted octanol–water partition coefficient (Wildman–Crippen LogP) is 1.78. The van der Waals surface area contributed by atoms with Gasteiger partial charge in [-0.15, -0.1) is 0 Å². The predicted molar refractivity (Wildman–Crippen MR) is 71.7 cm³/mol. The summed E-state index contributed by atoms with van der Waals surface area (Å²) in [5.41, 5.74) is 7.63. The molecule has 2 aromatic rings. The van der Waals surface area contributed by atoms with Crippen LogP contribution in [-0.2, 0) is 0 Å². The third-order valence-electron chi connectivity index (χ3n) is 4.01. The molecular formula is C14H17N3O2. The maximum atomic E-state index is 12.6. The molecule has 19 heavy (non-hydrogen) atoms. The minimum atomic E-state index is -0.229. The Kier molecular flexibility index (Phi) is 2.78. The molecule has 0 radical (unpaired) electrons. The van der Waals surface area contributed by atoms with Crippen LogP contribution in [0.4, 0.5) is 0 Å². The van der Waals surface area contributed by atoms with E-state index in [4.69, 9.17) is 10.2 Å². The van der Waals surface area contributed by atoms with Gasteiger partial charge in [0.05, 0.1) is 5.54 Å². The Balaban J connectivity index is 1.94. The first kappa shape index (κ1) is 12.2. The van der Waals surface area contributed by atoms with Crippen LogP contribution in [0.5, 0.6) is 0 Å². The van der Waals surface area contributed by atoms with Crippen LogP contribution in [-0.4, -0.2) is 34.4 Å². The van der Waals surface area contributed by atoms with Crippen LogP contribution in [0.1, 0.15) is 30.1 Å². The number of hydrogen-bond acceptors (Lipinski definition) is 4. The van der Waals surface area contributed by atoms with E-state index in [1.807, 2.05) is 17.9 Å². The van der Waals surface area contributed by atoms with Crippen molar-refractivity contribution < 1.29 is 9.21 Å². The van der Waals surface area contributed by atoms with E-state index in [2.05, 4.69) is 4.98 Å². The van der Waals surface area contributed by atoms with E-state index >= 15 is 0 Å². The molecular weight excluding hydrogens is 242 g/mol. The zero-order valence-electron chi connectivity index (χ0n) is 10.9. The SMILES string of the molecule is CC1(CN)CCCN1C(=O)c1ccc2ncoc2c1. The molecule has 0 saturated carbocycles. The van der Waals surface area contributed by atoms with Crippen molar-refractivity contribution in [1.29, 1.82) is 0 Å². The van der Waals surface area contributed by atoms with Crippen LogP contribution in [0, 0.1) is 0 Å². The van der Waals surface area contributed by atoms with Crippen LogP contribution in [0.25, 0.3) is 11.1 Å². The fourth-order valence-electron chi connectivity index (χ4n) is 2.73. The molecule has 100 valence electrons. The minimum absolute atomic E-state index is 0.0174. The van der Waals surface area contributed by atoms with Gasteiger partial charge in [0, 0.05) is 18.7 Å². The number of fused-ring (bicyclic) bond motifs is 1. The van der Waals surface area contributed by atoms with Crippen molar-refractivity contribution in [3.63, 3.8) is 0 Å². The van der Waals surface area contributed by atoms with Crippen molar-refractivity contribution in [3.8, 4) is 0 Å². The monoisotopic (exact) mass is 259 g/mol. The molecule has 1 amide bonds. The summed E-state index contributed by atoms with van der Waals surface area (Å²) in [6.07, 6.45) is 3.35. The van der Waals surface area contributed by atoms with Crippen molar-refractivity contribution in [3.05, 3.63) is 30.2 Å². The quantitative estimate of drug-likeness (QED) is 0.892. The molecule has 3 rings (SSSR count). The fraction of sp³-hybridized carbons (Fsp3) is 0.429. The molecule has 1 saturated heterocycles. The van der Waals surface area contributed by atoms with Gasteiger partial charge in [0.15, 0.2) is 12.0 Å². The Morgan fingerprint density at radius 3 is 3.21 bits per heavy atom. The first-order chi connectivity index (χ1) is 9.14. The third-order valence-corrected chi connectivity index (χ3v) is 4.01. The molecule has 0 spiro atoms. The van der Waals surface area contributed by atoms with E-state index in [0.29, 0.717) is 17.7 Å². The lowest BCUT2D eigenvalue weighted by Gasteiger charge is -2.34. The van der Waals surface area contributed by atoms with E-state index in [-0.39, 0.29) is 11.4 Å². The van der Waals surface area contributed by atoms with Crippen LogP contribution >= 0.6 is 0 Å². The van der Waals surface area contributed by atoms with Gasteiger partial charge in [-0.3, -0.25) is 4.79 Å². The fourth-order valence-corrected chi connectivity index (χ4v) is 2.73. The van der Waals surface area contributed by atoms with E-state index in [1.165, 1.54) is 6.39 Å². The Morgan fingerprint density at radius 1 is 1.58 bits per heavy atom. The molecule has 5 heteroatoms. The van der Waals surface area contributed by atoms with E-state index in [0.717, 1.165) is 24.9 Å². The van der Waals surface area contributed by atoms with Gasteiger partial charge in [-0.1, -0.05) is 0 Å². The zero-order chi connectivity index (χ0) is 13.5. The van der Waals surface area contributed by atoms with Crippen molar-refractivity contribution in [1.82, 2.24) is 9.88 Å². The van der Waals surface area contributed by atoms with Crippen LogP contribution < -0.4 is 5.73 Å². The first-order valence-electron chi connectivity index (χ1n) is 6.49. The maximum Gasteiger partial charge on any atom is 0.254 e. The largest absolute Gasteiger partial charge is 0.443 e. The molecule has 2 N–H and O–H groups in total. The molecule has 1 aromatic carbocycles. The summed E-state index contributed by atoms with van der Waals surface area (Å²) in [6, 6.07) is 5.35. The van der Waals surface area contributed by atoms with Crippen LogP contribution in [0.3, 0.4) is 0 Å². The standard InChI is InChI=1S/C14H17N3O2/c1-14(8-15)5-2-6-17(14)13(18)10-3-4-11-12(7-10)19-9-16-11/h3-4,7,9H,2,5-6,8,15H2,1H3. The second kappa shape index (κ2) is 4.35. The Hall–Kier alpha value is -1.88. The smallest absolute Gasteiger partial charge is 0.254 e. The number of rotatable bonds is 2. The second-order valence-electron chi connectivity index (χ2n) is 5.30. The lowest BCUT2D eigenvalue weighted by atomic mass is 9.98. The molecule has 0 bridgehead atoms. The molecule has 5 nitrogen and oxygen atoms in total. The number of oxazole rings is 1. The lowest BCUT2D eigenvalue weighted by molar-refractivity contribution is 0.0637. The van der Waals surface area contributed by atoms with Crippen molar-refractivity contribution in [2.45, 2.75) is 25.3 Å². The van der Waals surface area contributed by atoms with Crippen LogP contribution in [0.15, 0.2) is 29.0 Å². The number of carbonyl (C=O) groups excluding carboxylic acids is 1. The number of amides is 1. The summed E-state index contributed by atoms with van der Waals surface area (Å²) in [4.78, 5) is 18.5. The van der Waals surface area contributed by atoms with Crippen molar-refractivity contribution in [2.24, 2.45) is 5.73 Å². The average Bonchev–Trinajstić information content (AvgIpc) is 3.03. The highest BCUT2D eigenvalue weighted by Gasteiger charge is 2.38. The van der Waals surface area contributed by atoms with E-state index in [1.54, 1.807) is 12.1 Å². The Morgan fingerprint density at radius 2 is 2.42 bits per heavy atom. The van der Waals surface area contributed by atoms with E-state index < -0.39 is 0 Å². The number of nitrogens with zero attached hydrogens (tertiary/aromatic N) is 2. The van der Waals surface area contributed by atoms with Gasteiger partial charge in [-0.05, 0) is 38.0 Å². The number of carbonyl (C=O) groups is 1. The number of nitrogens with two attached hydrogens (primary N) is 1. The molecule has 1 aliphatic rings. The zero-order valence-corrected chi connectivity index (χ0v) is 10.9. The summed E-state index contributed by atoms with van der Waals surface area (Å²) in [5.74, 6) is 0.0174. The van der Waals surface area contributed by atoms with Gasteiger partial charge in [0.1, 0.15) is 5.52 Å². The molecule has 1 fully saturated rings. The molecule has 2 heterocycles. The summed E-state index contributed by atoms with van der Waals surface area (Å²) >= 11 is 0. The second-order valence-corrected chi connectivity index (χ2v) is 5.30. The highest BCUT2D eigenvalue weighted by atomic mass is 16.3. The summed E-state index contributed by atoms with van der Waals surface area (Å²) < 4.78 is 5.24. The van der Waals surface area contributed by atoms with Gasteiger partial charge >= 0.3 is 0 Å². The molecule has 0 aliphatic carbocycles. The highest BCUT2D eigenvalue weighted by molar-refractivity contribution is 5.97. The summed E-state index contributed by atoms with van der Waals surface area (Å²) in [6.45, 7) is 3.30. The Bertz CT molecular complexity index is 622. The van der Waals surface area contributed by atoms with Crippen molar-refractivity contribution >= 4 is 17.0 Å². The summed E-state index contributed by atoms with van der Waals surface area (Å²) in [7, 11) is 0. The van der Waals surface area contributed by atoms with E-state index in [9.17, 15) is 4.79 Å². The topological polar surface area (TPSA) is 72.4 Å². The first-order valence-corrected chi connectivity index (χ1v) is 6.49. The van der Waals surface area contributed by atoms with Crippen LogP contribution in [0.2, 0.25) is 0 Å². The van der Waals surface area contributed by atoms with Gasteiger partial charge in [-0.25, -0.2) is 4.98 Å². The van der Waals surface area contributed by atoms with Gasteiger partial charge < -0.3 is 15.1 Å². The lowest BCUT2D eigenvalue weighted by Crippen LogP contribution is -2.50. The highest BCUT2D eigenvalue weighted by Crippen LogP contribution is 2.30. The van der Waals surface area contributed by atoms with Gasteiger partial charge in [0.25, 0.3) is 5.91 Å². The number of hydrogen-bond donors (Lipinski definition) is 1. The third kappa shape index (κ3) is 1.90. The molecule has 1 aliphatic heterocycles. The minimum Gasteiger partial charge on any atom is -0.443 e.